The number of nitrogens with zero attached hydrogens (tertiary/aromatic N) is 4. The summed E-state index contributed by atoms with van der Waals surface area (Å²) < 4.78 is 3.44. The SMILES string of the molecule is Cc1ccc(-n2c(C)cc(/C=N/n3c(C)cc(C)c(C#N)c3=O)c2C)cc1. The van der Waals surface area contributed by atoms with Gasteiger partial charge in [-0.15, -0.1) is 0 Å². The van der Waals surface area contributed by atoms with Crippen LogP contribution in [0.15, 0.2) is 46.3 Å². The fourth-order valence-electron chi connectivity index (χ4n) is 3.29. The van der Waals surface area contributed by atoms with Crippen molar-refractivity contribution >= 4 is 6.21 Å². The smallest absolute Gasteiger partial charge is 0.289 e. The predicted molar refractivity (Wildman–Crippen MR) is 108 cm³/mol. The van der Waals surface area contributed by atoms with Gasteiger partial charge >= 0.3 is 0 Å². The monoisotopic (exact) mass is 358 g/mol. The highest BCUT2D eigenvalue weighted by Crippen LogP contribution is 2.20. The first-order chi connectivity index (χ1) is 12.8. The van der Waals surface area contributed by atoms with Crippen LogP contribution in [0.3, 0.4) is 0 Å². The molecule has 0 saturated carbocycles. The molecule has 0 atom stereocenters. The third-order valence-electron chi connectivity index (χ3n) is 4.75. The molecule has 2 heterocycles. The molecule has 3 rings (SSSR count). The molecule has 0 bridgehead atoms. The molecule has 0 aliphatic rings. The Kier molecular flexibility index (Phi) is 4.83. The van der Waals surface area contributed by atoms with Crippen LogP contribution in [0.4, 0.5) is 0 Å². The Hall–Kier alpha value is -3.39. The van der Waals surface area contributed by atoms with Crippen molar-refractivity contribution in [2.45, 2.75) is 34.6 Å². The van der Waals surface area contributed by atoms with Crippen LogP contribution in [-0.2, 0) is 0 Å². The molecule has 0 aliphatic heterocycles. The molecule has 27 heavy (non-hydrogen) atoms. The van der Waals surface area contributed by atoms with Crippen molar-refractivity contribution in [3.63, 3.8) is 0 Å². The molecular weight excluding hydrogens is 336 g/mol. The Bertz CT molecular complexity index is 1140. The summed E-state index contributed by atoms with van der Waals surface area (Å²) in [6, 6.07) is 14.1. The van der Waals surface area contributed by atoms with Crippen LogP contribution in [0.25, 0.3) is 5.69 Å². The van der Waals surface area contributed by atoms with Crippen molar-refractivity contribution in [2.75, 3.05) is 0 Å². The van der Waals surface area contributed by atoms with E-state index in [1.165, 1.54) is 10.2 Å². The van der Waals surface area contributed by atoms with Gasteiger partial charge in [-0.05, 0) is 64.4 Å². The quantitative estimate of drug-likeness (QED) is 0.666. The topological polar surface area (TPSA) is 63.1 Å². The number of hydrogen-bond acceptors (Lipinski definition) is 3. The van der Waals surface area contributed by atoms with Crippen LogP contribution in [0.5, 0.6) is 0 Å². The summed E-state index contributed by atoms with van der Waals surface area (Å²) in [7, 11) is 0. The van der Waals surface area contributed by atoms with Gasteiger partial charge in [0.2, 0.25) is 0 Å². The van der Waals surface area contributed by atoms with E-state index in [1.54, 1.807) is 19.2 Å². The lowest BCUT2D eigenvalue weighted by Crippen LogP contribution is -2.22. The van der Waals surface area contributed by atoms with Gasteiger partial charge in [-0.2, -0.15) is 10.4 Å². The third kappa shape index (κ3) is 3.34. The van der Waals surface area contributed by atoms with Gasteiger partial charge in [0.25, 0.3) is 5.56 Å². The van der Waals surface area contributed by atoms with E-state index in [0.717, 1.165) is 22.6 Å². The van der Waals surface area contributed by atoms with Crippen molar-refractivity contribution in [3.05, 3.63) is 86.1 Å². The van der Waals surface area contributed by atoms with E-state index in [-0.39, 0.29) is 5.56 Å². The average molecular weight is 358 g/mol. The number of benzene rings is 1. The van der Waals surface area contributed by atoms with E-state index < -0.39 is 5.56 Å². The number of nitriles is 1. The largest absolute Gasteiger partial charge is 0.318 e. The van der Waals surface area contributed by atoms with Crippen LogP contribution < -0.4 is 5.56 Å². The number of pyridine rings is 1. The van der Waals surface area contributed by atoms with Crippen LogP contribution in [-0.4, -0.2) is 15.5 Å². The van der Waals surface area contributed by atoms with E-state index in [1.807, 2.05) is 32.9 Å². The standard InChI is InChI=1S/C22H22N4O/c1-14-6-8-20(9-7-14)25-16(3)11-19(18(25)5)13-24-26-17(4)10-15(2)21(12-23)22(26)27/h6-11,13H,1-5H3/b24-13+. The maximum absolute atomic E-state index is 12.5. The molecule has 0 aliphatic carbocycles. The molecule has 0 saturated heterocycles. The molecule has 1 aromatic carbocycles. The fraction of sp³-hybridized carbons (Fsp3) is 0.227. The molecule has 0 spiro atoms. The summed E-state index contributed by atoms with van der Waals surface area (Å²) in [6.07, 6.45) is 1.68. The predicted octanol–water partition coefficient (Wildman–Crippen LogP) is 3.93. The summed E-state index contributed by atoms with van der Waals surface area (Å²) in [6.45, 7) is 9.70. The van der Waals surface area contributed by atoms with E-state index in [4.69, 9.17) is 0 Å². The highest BCUT2D eigenvalue weighted by molar-refractivity contribution is 5.82. The Balaban J connectivity index is 2.06. The second kappa shape index (κ2) is 7.08. The van der Waals surface area contributed by atoms with Gasteiger partial charge in [-0.25, -0.2) is 4.68 Å². The second-order valence-electron chi connectivity index (χ2n) is 6.81. The van der Waals surface area contributed by atoms with Gasteiger partial charge in [0.05, 0.1) is 6.21 Å². The van der Waals surface area contributed by atoms with Crippen molar-refractivity contribution < 1.29 is 0 Å². The summed E-state index contributed by atoms with van der Waals surface area (Å²) in [5, 5.41) is 13.6. The molecular formula is C22H22N4O. The van der Waals surface area contributed by atoms with Gasteiger partial charge in [0, 0.05) is 28.3 Å². The lowest BCUT2D eigenvalue weighted by atomic mass is 10.1. The Morgan fingerprint density at radius 1 is 1.00 bits per heavy atom. The van der Waals surface area contributed by atoms with Crippen molar-refractivity contribution in [3.8, 4) is 11.8 Å². The Morgan fingerprint density at radius 3 is 2.30 bits per heavy atom. The fourth-order valence-corrected chi connectivity index (χ4v) is 3.29. The number of hydrogen-bond donors (Lipinski definition) is 0. The van der Waals surface area contributed by atoms with Crippen LogP contribution >= 0.6 is 0 Å². The van der Waals surface area contributed by atoms with Gasteiger partial charge in [-0.3, -0.25) is 4.79 Å². The second-order valence-corrected chi connectivity index (χ2v) is 6.81. The van der Waals surface area contributed by atoms with E-state index in [9.17, 15) is 10.1 Å². The maximum atomic E-state index is 12.5. The normalized spacial score (nSPS) is 11.1. The minimum absolute atomic E-state index is 0.128. The van der Waals surface area contributed by atoms with Crippen LogP contribution in [0.2, 0.25) is 0 Å². The van der Waals surface area contributed by atoms with E-state index in [2.05, 4.69) is 40.9 Å². The van der Waals surface area contributed by atoms with Crippen molar-refractivity contribution in [1.29, 1.82) is 5.26 Å². The van der Waals surface area contributed by atoms with Crippen molar-refractivity contribution in [2.24, 2.45) is 5.10 Å². The first-order valence-corrected chi connectivity index (χ1v) is 8.77. The van der Waals surface area contributed by atoms with Crippen LogP contribution in [0, 0.1) is 45.9 Å². The highest BCUT2D eigenvalue weighted by Gasteiger charge is 2.11. The zero-order valence-electron chi connectivity index (χ0n) is 16.2. The molecule has 0 N–H and O–H groups in total. The number of aryl methyl sites for hydroxylation is 4. The summed E-state index contributed by atoms with van der Waals surface area (Å²) in [5.74, 6) is 0. The van der Waals surface area contributed by atoms with E-state index >= 15 is 0 Å². The average Bonchev–Trinajstić information content (AvgIpc) is 2.89. The third-order valence-corrected chi connectivity index (χ3v) is 4.75. The minimum Gasteiger partial charge on any atom is -0.318 e. The van der Waals surface area contributed by atoms with Gasteiger partial charge < -0.3 is 4.57 Å². The van der Waals surface area contributed by atoms with Crippen LogP contribution in [0.1, 0.15) is 39.3 Å². The first-order valence-electron chi connectivity index (χ1n) is 8.77. The summed E-state index contributed by atoms with van der Waals surface area (Å²) in [4.78, 5) is 12.5. The molecule has 0 fully saturated rings. The lowest BCUT2D eigenvalue weighted by Gasteiger charge is -2.10. The molecule has 2 aromatic heterocycles. The molecule has 5 nitrogen and oxygen atoms in total. The molecule has 3 aromatic rings. The lowest BCUT2D eigenvalue weighted by molar-refractivity contribution is 0.786. The van der Waals surface area contributed by atoms with Gasteiger partial charge in [0.1, 0.15) is 11.6 Å². The molecule has 0 unspecified atom stereocenters. The van der Waals surface area contributed by atoms with Crippen molar-refractivity contribution in [1.82, 2.24) is 9.24 Å². The number of aromatic nitrogens is 2. The Labute approximate surface area is 158 Å². The van der Waals surface area contributed by atoms with E-state index in [0.29, 0.717) is 11.3 Å². The zero-order valence-corrected chi connectivity index (χ0v) is 16.2. The molecule has 136 valence electrons. The summed E-state index contributed by atoms with van der Waals surface area (Å²) >= 11 is 0. The van der Waals surface area contributed by atoms with Gasteiger partial charge in [0.15, 0.2) is 0 Å². The Morgan fingerprint density at radius 2 is 1.67 bits per heavy atom. The summed E-state index contributed by atoms with van der Waals surface area (Å²) in [5.41, 5.74) is 6.46. The molecule has 5 heteroatoms. The molecule has 0 amide bonds. The number of rotatable bonds is 3. The molecule has 0 radical (unpaired) electrons. The highest BCUT2D eigenvalue weighted by atomic mass is 16.1. The maximum Gasteiger partial charge on any atom is 0.289 e. The minimum atomic E-state index is -0.390. The zero-order chi connectivity index (χ0) is 19.7. The van der Waals surface area contributed by atoms with Gasteiger partial charge in [-0.1, -0.05) is 17.7 Å². The first kappa shape index (κ1) is 18.4.